The smallest absolute Gasteiger partial charge is 0.249 e. The lowest BCUT2D eigenvalue weighted by atomic mass is 10.0. The molecule has 44 heavy (non-hydrogen) atoms. The van der Waals surface area contributed by atoms with E-state index in [1.54, 1.807) is 0 Å². The maximum Gasteiger partial charge on any atom is 0.249 e. The summed E-state index contributed by atoms with van der Waals surface area (Å²) in [4.78, 5) is 12.3. The van der Waals surface area contributed by atoms with Crippen LogP contribution in [-0.4, -0.2) is 57.3 Å². The molecule has 262 valence electrons. The van der Waals surface area contributed by atoms with Crippen LogP contribution in [0.15, 0.2) is 12.2 Å². The maximum atomic E-state index is 12.3. The first kappa shape index (κ1) is 43.0. The lowest BCUT2D eigenvalue weighted by Gasteiger charge is -2.27. The topological polar surface area (TPSA) is 110 Å². The minimum Gasteiger partial charge on any atom is -0.394 e. The quantitative estimate of drug-likeness (QED) is 0.0362. The third kappa shape index (κ3) is 27.4. The number of allylic oxidation sites excluding steroid dienone is 2. The molecule has 0 bridgehead atoms. The van der Waals surface area contributed by atoms with Crippen molar-refractivity contribution in [3.63, 3.8) is 0 Å². The predicted molar refractivity (Wildman–Crippen MR) is 187 cm³/mol. The molecule has 6 heteroatoms. The van der Waals surface area contributed by atoms with Crippen molar-refractivity contribution < 1.29 is 25.2 Å². The van der Waals surface area contributed by atoms with E-state index in [2.05, 4.69) is 24.4 Å². The van der Waals surface area contributed by atoms with Gasteiger partial charge in [0.25, 0.3) is 0 Å². The molecule has 0 aliphatic heterocycles. The van der Waals surface area contributed by atoms with Crippen molar-refractivity contribution in [1.82, 2.24) is 5.32 Å². The molecule has 0 fully saturated rings. The highest BCUT2D eigenvalue weighted by molar-refractivity contribution is 5.80. The van der Waals surface area contributed by atoms with Gasteiger partial charge in [0, 0.05) is 0 Å². The fourth-order valence-corrected chi connectivity index (χ4v) is 5.85. The maximum absolute atomic E-state index is 12.3. The third-order valence-corrected chi connectivity index (χ3v) is 8.98. The third-order valence-electron chi connectivity index (χ3n) is 8.98. The second-order valence-electron chi connectivity index (χ2n) is 13.3. The molecule has 0 aliphatic rings. The number of rotatable bonds is 34. The van der Waals surface area contributed by atoms with Crippen LogP contribution >= 0.6 is 0 Å². The van der Waals surface area contributed by atoms with E-state index in [9.17, 15) is 25.2 Å². The Bertz CT molecular complexity index is 628. The molecule has 0 spiro atoms. The Balaban J connectivity index is 3.49. The van der Waals surface area contributed by atoms with Gasteiger partial charge in [-0.2, -0.15) is 0 Å². The van der Waals surface area contributed by atoms with Gasteiger partial charge in [-0.1, -0.05) is 167 Å². The molecule has 0 saturated heterocycles. The normalized spacial score (nSPS) is 14.6. The van der Waals surface area contributed by atoms with Gasteiger partial charge in [-0.05, 0) is 38.5 Å². The standard InChI is InChI=1S/C38H75NO5/c1-3-5-7-8-9-10-11-12-13-14-15-16-17-18-19-20-21-22-23-24-25-26-27-28-29-30-32-36(42)38(44)39-34(33-40)37(43)35(41)31-6-4-2/h18-19,34-37,40-43H,3-17,20-33H2,1-2H3,(H,39,44)/b19-18-. The molecule has 5 N–H and O–H groups in total. The van der Waals surface area contributed by atoms with Crippen molar-refractivity contribution in [3.05, 3.63) is 12.2 Å². The summed E-state index contributed by atoms with van der Waals surface area (Å²) >= 11 is 0. The summed E-state index contributed by atoms with van der Waals surface area (Å²) in [5, 5.41) is 42.4. The van der Waals surface area contributed by atoms with Crippen LogP contribution in [-0.2, 0) is 4.79 Å². The van der Waals surface area contributed by atoms with E-state index >= 15 is 0 Å². The van der Waals surface area contributed by atoms with Gasteiger partial charge in [-0.25, -0.2) is 0 Å². The van der Waals surface area contributed by atoms with Crippen molar-refractivity contribution in [2.75, 3.05) is 6.61 Å². The summed E-state index contributed by atoms with van der Waals surface area (Å²) in [6.45, 7) is 3.79. The number of hydrogen-bond donors (Lipinski definition) is 5. The molecule has 0 radical (unpaired) electrons. The van der Waals surface area contributed by atoms with Gasteiger partial charge in [-0.3, -0.25) is 4.79 Å². The Hall–Kier alpha value is -0.950. The SMILES string of the molecule is CCCCCCCCCCCCCC/C=C\CCCCCCCCCCCCC(O)C(=O)NC(CO)C(O)C(O)CCCC. The monoisotopic (exact) mass is 626 g/mol. The van der Waals surface area contributed by atoms with E-state index in [0.717, 1.165) is 32.1 Å². The van der Waals surface area contributed by atoms with Gasteiger partial charge in [0.05, 0.1) is 18.8 Å². The van der Waals surface area contributed by atoms with Gasteiger partial charge in [0.1, 0.15) is 12.2 Å². The zero-order chi connectivity index (χ0) is 32.5. The van der Waals surface area contributed by atoms with Crippen molar-refractivity contribution in [2.45, 2.75) is 218 Å². The lowest BCUT2D eigenvalue weighted by Crippen LogP contribution is -2.53. The number of hydrogen-bond acceptors (Lipinski definition) is 5. The fourth-order valence-electron chi connectivity index (χ4n) is 5.85. The first-order valence-corrected chi connectivity index (χ1v) is 19.1. The number of carbonyl (C=O) groups excluding carboxylic acids is 1. The van der Waals surface area contributed by atoms with Gasteiger partial charge < -0.3 is 25.7 Å². The summed E-state index contributed by atoms with van der Waals surface area (Å²) in [7, 11) is 0. The first-order valence-electron chi connectivity index (χ1n) is 19.1. The molecule has 0 aromatic rings. The Morgan fingerprint density at radius 2 is 0.932 bits per heavy atom. The van der Waals surface area contributed by atoms with Crippen LogP contribution in [0.1, 0.15) is 194 Å². The van der Waals surface area contributed by atoms with Gasteiger partial charge >= 0.3 is 0 Å². The van der Waals surface area contributed by atoms with Gasteiger partial charge in [0.15, 0.2) is 0 Å². The molecular weight excluding hydrogens is 550 g/mol. The zero-order valence-electron chi connectivity index (χ0n) is 29.2. The van der Waals surface area contributed by atoms with Crippen molar-refractivity contribution in [1.29, 1.82) is 0 Å². The first-order chi connectivity index (χ1) is 21.5. The van der Waals surface area contributed by atoms with E-state index in [1.165, 1.54) is 135 Å². The summed E-state index contributed by atoms with van der Waals surface area (Å²) in [5.74, 6) is -0.596. The number of unbranched alkanes of at least 4 members (excludes halogenated alkanes) is 23. The number of aliphatic hydroxyl groups excluding tert-OH is 4. The van der Waals surface area contributed by atoms with Crippen molar-refractivity contribution in [2.24, 2.45) is 0 Å². The second kappa shape index (κ2) is 33.4. The summed E-state index contributed by atoms with van der Waals surface area (Å²) in [6, 6.07) is -0.977. The highest BCUT2D eigenvalue weighted by atomic mass is 16.3. The number of amides is 1. The van der Waals surface area contributed by atoms with E-state index in [-0.39, 0.29) is 0 Å². The molecule has 1 amide bonds. The molecular formula is C38H75NO5. The summed E-state index contributed by atoms with van der Waals surface area (Å²) in [6.07, 6.45) is 35.1. The van der Waals surface area contributed by atoms with Crippen LogP contribution in [0.5, 0.6) is 0 Å². The average Bonchev–Trinajstić information content (AvgIpc) is 3.03. The van der Waals surface area contributed by atoms with Crippen molar-refractivity contribution in [3.8, 4) is 0 Å². The Morgan fingerprint density at radius 3 is 1.34 bits per heavy atom. The highest BCUT2D eigenvalue weighted by Crippen LogP contribution is 2.15. The predicted octanol–water partition coefficient (Wildman–Crippen LogP) is 9.06. The Kier molecular flexibility index (Phi) is 32.7. The fraction of sp³-hybridized carbons (Fsp3) is 0.921. The molecule has 0 aliphatic carbocycles. The van der Waals surface area contributed by atoms with E-state index in [0.29, 0.717) is 12.8 Å². The van der Waals surface area contributed by atoms with Crippen LogP contribution in [0.4, 0.5) is 0 Å². The van der Waals surface area contributed by atoms with Gasteiger partial charge in [-0.15, -0.1) is 0 Å². The number of aliphatic hydroxyl groups is 4. The molecule has 0 saturated carbocycles. The number of carbonyl (C=O) groups is 1. The molecule has 4 atom stereocenters. The number of nitrogens with one attached hydrogen (secondary N) is 1. The zero-order valence-corrected chi connectivity index (χ0v) is 29.2. The summed E-state index contributed by atoms with van der Waals surface area (Å²) in [5.41, 5.74) is 0. The van der Waals surface area contributed by atoms with E-state index in [1.807, 2.05) is 6.92 Å². The molecule has 4 unspecified atom stereocenters. The van der Waals surface area contributed by atoms with E-state index < -0.39 is 36.9 Å². The minimum atomic E-state index is -1.25. The van der Waals surface area contributed by atoms with E-state index in [4.69, 9.17) is 0 Å². The van der Waals surface area contributed by atoms with Crippen LogP contribution in [0.2, 0.25) is 0 Å². The Labute approximate surface area is 272 Å². The largest absolute Gasteiger partial charge is 0.394 e. The van der Waals surface area contributed by atoms with Crippen LogP contribution in [0.3, 0.4) is 0 Å². The van der Waals surface area contributed by atoms with Crippen molar-refractivity contribution >= 4 is 5.91 Å². The van der Waals surface area contributed by atoms with Gasteiger partial charge in [0.2, 0.25) is 5.91 Å². The molecule has 0 aromatic carbocycles. The average molecular weight is 626 g/mol. The Morgan fingerprint density at radius 1 is 0.545 bits per heavy atom. The molecule has 0 heterocycles. The van der Waals surface area contributed by atoms with Crippen LogP contribution < -0.4 is 5.32 Å². The highest BCUT2D eigenvalue weighted by Gasteiger charge is 2.28. The van der Waals surface area contributed by atoms with Crippen LogP contribution in [0, 0.1) is 0 Å². The van der Waals surface area contributed by atoms with Crippen LogP contribution in [0.25, 0.3) is 0 Å². The molecule has 6 nitrogen and oxygen atoms in total. The summed E-state index contributed by atoms with van der Waals surface area (Å²) < 4.78 is 0. The molecule has 0 rings (SSSR count). The minimum absolute atomic E-state index is 0.367. The second-order valence-corrected chi connectivity index (χ2v) is 13.3. The lowest BCUT2D eigenvalue weighted by molar-refractivity contribution is -0.132. The molecule has 0 aromatic heterocycles.